The molecule has 2 bridgehead atoms. The summed E-state index contributed by atoms with van der Waals surface area (Å²) in [6.07, 6.45) is 4.92. The summed E-state index contributed by atoms with van der Waals surface area (Å²) >= 11 is 0. The topological polar surface area (TPSA) is 60.9 Å². The Morgan fingerprint density at radius 3 is 2.42 bits per heavy atom. The molecule has 0 aromatic carbocycles. The first-order valence-electron chi connectivity index (χ1n) is 9.77. The minimum atomic E-state index is -0.721. The number of carbonyl (C=O) groups excluding carboxylic acids is 3. The van der Waals surface area contributed by atoms with Crippen LogP contribution >= 0.6 is 0 Å². The molecular weight excluding hydrogens is 330 g/mol. The fourth-order valence-electron chi connectivity index (χ4n) is 7.47. The van der Waals surface area contributed by atoms with Gasteiger partial charge in [-0.2, -0.15) is 0 Å². The molecule has 0 N–H and O–H groups in total. The van der Waals surface area contributed by atoms with Gasteiger partial charge in [0.25, 0.3) is 0 Å². The van der Waals surface area contributed by atoms with Crippen molar-refractivity contribution < 1.29 is 14.4 Å². The molecule has 6 rings (SSSR count). The van der Waals surface area contributed by atoms with Crippen LogP contribution in [-0.2, 0) is 14.4 Å². The van der Waals surface area contributed by atoms with Crippen molar-refractivity contribution in [2.75, 3.05) is 20.6 Å². The van der Waals surface area contributed by atoms with Gasteiger partial charge in [0.15, 0.2) is 0 Å². The van der Waals surface area contributed by atoms with Crippen LogP contribution < -0.4 is 0 Å². The fourth-order valence-corrected chi connectivity index (χ4v) is 7.47. The molecule has 5 atom stereocenters. The number of fused-ring (bicyclic) bond motifs is 2. The lowest BCUT2D eigenvalue weighted by molar-refractivity contribution is -0.182. The molecule has 141 valence electrons. The second kappa shape index (κ2) is 4.34. The molecule has 3 amide bonds. The van der Waals surface area contributed by atoms with Gasteiger partial charge >= 0.3 is 0 Å². The van der Waals surface area contributed by atoms with Crippen molar-refractivity contribution >= 4 is 17.7 Å². The van der Waals surface area contributed by atoms with E-state index >= 15 is 0 Å². The smallest absolute Gasteiger partial charge is 0.243 e. The quantitative estimate of drug-likeness (QED) is 0.608. The highest BCUT2D eigenvalue weighted by atomic mass is 16.2. The lowest BCUT2D eigenvalue weighted by atomic mass is 9.61. The minimum Gasteiger partial charge on any atom is -0.337 e. The molecule has 5 aliphatic heterocycles. The van der Waals surface area contributed by atoms with Crippen LogP contribution in [0.5, 0.6) is 0 Å². The summed E-state index contributed by atoms with van der Waals surface area (Å²) in [5, 5.41) is 0. The Balaban J connectivity index is 1.73. The molecular formula is C20H28N3O3. The molecule has 1 saturated carbocycles. The molecule has 0 aromatic rings. The zero-order chi connectivity index (χ0) is 18.9. The number of piperazine rings is 1. The molecule has 6 heteroatoms. The average molecular weight is 358 g/mol. The van der Waals surface area contributed by atoms with E-state index in [-0.39, 0.29) is 35.6 Å². The second-order valence-electron chi connectivity index (χ2n) is 9.89. The zero-order valence-electron chi connectivity index (χ0n) is 16.3. The lowest BCUT2D eigenvalue weighted by Gasteiger charge is -2.65. The van der Waals surface area contributed by atoms with Crippen LogP contribution in [0.25, 0.3) is 0 Å². The van der Waals surface area contributed by atoms with Crippen molar-refractivity contribution in [1.29, 1.82) is 0 Å². The third-order valence-electron chi connectivity index (χ3n) is 9.03. The maximum absolute atomic E-state index is 13.5. The molecule has 1 radical (unpaired) electrons. The summed E-state index contributed by atoms with van der Waals surface area (Å²) in [4.78, 5) is 44.9. The number of amides is 3. The van der Waals surface area contributed by atoms with Gasteiger partial charge in [-0.25, -0.2) is 0 Å². The molecule has 5 heterocycles. The first-order valence-corrected chi connectivity index (χ1v) is 9.77. The molecule has 5 saturated heterocycles. The predicted octanol–water partition coefficient (Wildman–Crippen LogP) is 1.06. The van der Waals surface area contributed by atoms with E-state index in [1.165, 1.54) is 4.90 Å². The molecule has 26 heavy (non-hydrogen) atoms. The number of nitrogens with zero attached hydrogens (tertiary/aromatic N) is 3. The van der Waals surface area contributed by atoms with E-state index in [1.807, 2.05) is 11.9 Å². The van der Waals surface area contributed by atoms with Crippen LogP contribution in [0, 0.1) is 23.2 Å². The van der Waals surface area contributed by atoms with Gasteiger partial charge < -0.3 is 4.90 Å². The number of rotatable bonds is 0. The Hall–Kier alpha value is -1.43. The summed E-state index contributed by atoms with van der Waals surface area (Å²) in [5.74, 6) is 0.364. The Morgan fingerprint density at radius 1 is 1.12 bits per heavy atom. The number of imide groups is 1. The molecule has 0 aromatic heterocycles. The van der Waals surface area contributed by atoms with Crippen molar-refractivity contribution in [3.05, 3.63) is 6.42 Å². The molecule has 1 unspecified atom stereocenters. The predicted molar refractivity (Wildman–Crippen MR) is 94.6 cm³/mol. The van der Waals surface area contributed by atoms with Crippen molar-refractivity contribution in [2.45, 2.75) is 63.6 Å². The van der Waals surface area contributed by atoms with Crippen LogP contribution in [0.1, 0.15) is 46.5 Å². The van der Waals surface area contributed by atoms with E-state index in [0.29, 0.717) is 12.3 Å². The Labute approximate surface area is 154 Å². The molecule has 6 aliphatic rings. The SMILES string of the molecule is C[C@H]1CCN2C3C(C)(C)[C@@]4(CC(=O)N(C)C4=O)C[C@]34[CH]C[C@]12C(=O)N4C. The van der Waals surface area contributed by atoms with E-state index in [2.05, 4.69) is 32.1 Å². The summed E-state index contributed by atoms with van der Waals surface area (Å²) in [6.45, 7) is 7.40. The highest BCUT2D eigenvalue weighted by Gasteiger charge is 2.81. The van der Waals surface area contributed by atoms with E-state index in [9.17, 15) is 14.4 Å². The number of hydrogen-bond acceptors (Lipinski definition) is 4. The minimum absolute atomic E-state index is 0.0599. The van der Waals surface area contributed by atoms with E-state index in [0.717, 1.165) is 19.4 Å². The number of likely N-dealkylation sites (tertiary alicyclic amines) is 1. The monoisotopic (exact) mass is 358 g/mol. The van der Waals surface area contributed by atoms with E-state index < -0.39 is 16.5 Å². The molecule has 3 spiro atoms. The van der Waals surface area contributed by atoms with E-state index in [1.54, 1.807) is 7.05 Å². The summed E-state index contributed by atoms with van der Waals surface area (Å²) in [5.41, 5.74) is -2.01. The van der Waals surface area contributed by atoms with Gasteiger partial charge in [-0.15, -0.1) is 0 Å². The first kappa shape index (κ1) is 16.7. The van der Waals surface area contributed by atoms with Gasteiger partial charge in [-0.3, -0.25) is 24.2 Å². The highest BCUT2D eigenvalue weighted by molar-refractivity contribution is 6.07. The maximum atomic E-state index is 13.5. The van der Waals surface area contributed by atoms with Crippen LogP contribution in [0.2, 0.25) is 0 Å². The fraction of sp³-hybridized carbons (Fsp3) is 0.800. The van der Waals surface area contributed by atoms with Gasteiger partial charge in [0.05, 0.1) is 11.0 Å². The standard InChI is InChI=1S/C20H28N3O3/c1-12-6-9-23-14-17(2,3)18(10-13(24)21(4)15(18)25)11-19(14)7-8-20(12,23)16(26)22(19)5/h7,12,14H,6,8-11H2,1-5H3/t12-,14?,18-,19+,20+/m0/s1. The normalized spacial score (nSPS) is 49.5. The van der Waals surface area contributed by atoms with Crippen molar-refractivity contribution in [2.24, 2.45) is 16.7 Å². The van der Waals surface area contributed by atoms with Crippen molar-refractivity contribution in [3.63, 3.8) is 0 Å². The third-order valence-corrected chi connectivity index (χ3v) is 9.03. The Bertz CT molecular complexity index is 763. The zero-order valence-corrected chi connectivity index (χ0v) is 16.3. The van der Waals surface area contributed by atoms with Crippen LogP contribution in [0.4, 0.5) is 0 Å². The summed E-state index contributed by atoms with van der Waals surface area (Å²) in [6, 6.07) is 0.0830. The molecule has 1 aliphatic carbocycles. The van der Waals surface area contributed by atoms with Crippen LogP contribution in [0.3, 0.4) is 0 Å². The number of piperidine rings is 2. The number of carbonyl (C=O) groups is 3. The summed E-state index contributed by atoms with van der Waals surface area (Å²) < 4.78 is 0. The first-order chi connectivity index (χ1) is 12.1. The molecule has 6 fully saturated rings. The van der Waals surface area contributed by atoms with Gasteiger partial charge in [0.2, 0.25) is 17.7 Å². The highest BCUT2D eigenvalue weighted by Crippen LogP contribution is 2.70. The van der Waals surface area contributed by atoms with E-state index in [4.69, 9.17) is 0 Å². The second-order valence-corrected chi connectivity index (χ2v) is 9.89. The average Bonchev–Trinajstić information content (AvgIpc) is 3.11. The molecule has 6 nitrogen and oxygen atoms in total. The van der Waals surface area contributed by atoms with Gasteiger partial charge in [0, 0.05) is 26.6 Å². The van der Waals surface area contributed by atoms with Gasteiger partial charge in [-0.1, -0.05) is 20.8 Å². The lowest BCUT2D eigenvalue weighted by Crippen LogP contribution is -2.81. The van der Waals surface area contributed by atoms with Crippen molar-refractivity contribution in [1.82, 2.24) is 14.7 Å². The Morgan fingerprint density at radius 2 is 1.81 bits per heavy atom. The van der Waals surface area contributed by atoms with Gasteiger partial charge in [0.1, 0.15) is 5.54 Å². The summed E-state index contributed by atoms with van der Waals surface area (Å²) in [7, 11) is 3.51. The number of likely N-dealkylation sites (N-methyl/N-ethyl adjacent to an activating group) is 1. The van der Waals surface area contributed by atoms with Crippen LogP contribution in [0.15, 0.2) is 0 Å². The number of hydrogen-bond donors (Lipinski definition) is 0. The van der Waals surface area contributed by atoms with Crippen LogP contribution in [-0.4, -0.2) is 70.2 Å². The third kappa shape index (κ3) is 1.34. The van der Waals surface area contributed by atoms with Crippen molar-refractivity contribution in [3.8, 4) is 0 Å². The largest absolute Gasteiger partial charge is 0.337 e. The Kier molecular flexibility index (Phi) is 2.79. The van der Waals surface area contributed by atoms with Gasteiger partial charge in [-0.05, 0) is 43.6 Å². The maximum Gasteiger partial charge on any atom is 0.243 e.